The van der Waals surface area contributed by atoms with Crippen LogP contribution in [0, 0.1) is 0 Å². The van der Waals surface area contributed by atoms with Gasteiger partial charge < -0.3 is 0 Å². The zero-order chi connectivity index (χ0) is 40.4. The number of hydrogen-bond acceptors (Lipinski definition) is 9. The van der Waals surface area contributed by atoms with E-state index in [9.17, 15) is 43.2 Å². The van der Waals surface area contributed by atoms with Gasteiger partial charge in [0.05, 0.1) is 42.6 Å². The summed E-state index contributed by atoms with van der Waals surface area (Å²) < 4.78 is 143. The number of nitrogens with zero attached hydrogens (tertiary/aromatic N) is 4. The van der Waals surface area contributed by atoms with Gasteiger partial charge in [0.1, 0.15) is 8.42 Å². The highest BCUT2D eigenvalue weighted by molar-refractivity contribution is 8.26. The van der Waals surface area contributed by atoms with Gasteiger partial charge in [0.25, 0.3) is 9.05 Å². The lowest BCUT2D eigenvalue weighted by molar-refractivity contribution is -0.142. The van der Waals surface area contributed by atoms with Gasteiger partial charge in [-0.2, -0.15) is 45.0 Å². The van der Waals surface area contributed by atoms with E-state index in [2.05, 4.69) is 31.6 Å². The molecule has 0 bridgehead atoms. The number of thiophene rings is 2. The van der Waals surface area contributed by atoms with Gasteiger partial charge in [0, 0.05) is 32.0 Å². The van der Waals surface area contributed by atoms with Crippen LogP contribution >= 0.6 is 77.9 Å². The number of rotatable bonds is 6. The molecule has 2 aromatic carbocycles. The van der Waals surface area contributed by atoms with Crippen LogP contribution in [0.2, 0.25) is 10.0 Å². The molecule has 0 radical (unpaired) electrons. The van der Waals surface area contributed by atoms with E-state index in [1.54, 1.807) is 24.3 Å². The summed E-state index contributed by atoms with van der Waals surface area (Å²) in [6.45, 7) is 0. The predicted molar refractivity (Wildman–Crippen MR) is 196 cm³/mol. The van der Waals surface area contributed by atoms with E-state index in [1.165, 1.54) is 42.5 Å². The molecule has 54 heavy (non-hydrogen) atoms. The van der Waals surface area contributed by atoms with Crippen LogP contribution in [0.4, 0.5) is 26.3 Å². The number of benzene rings is 2. The normalized spacial score (nSPS) is 12.2. The first-order valence-electron chi connectivity index (χ1n) is 13.6. The highest BCUT2D eigenvalue weighted by Crippen LogP contribution is 2.40. The highest BCUT2D eigenvalue weighted by atomic mass is 36.0. The van der Waals surface area contributed by atoms with Gasteiger partial charge >= 0.3 is 22.5 Å². The van der Waals surface area contributed by atoms with Crippen LogP contribution in [0.15, 0.2) is 93.3 Å². The average molecular weight is 955 g/mol. The number of halogens is 11. The Balaban J connectivity index is 0.000000219. The van der Waals surface area contributed by atoms with Crippen LogP contribution in [0.3, 0.4) is 0 Å². The van der Waals surface area contributed by atoms with Crippen LogP contribution in [0.25, 0.3) is 32.5 Å². The number of para-hydroxylation sites is 2. The third-order valence-corrected chi connectivity index (χ3v) is 12.6. The van der Waals surface area contributed by atoms with Crippen molar-refractivity contribution >= 4 is 106 Å². The summed E-state index contributed by atoms with van der Waals surface area (Å²) in [7, 11) is 4.20. The summed E-state index contributed by atoms with van der Waals surface area (Å²) in [6.07, 6.45) is -9.36. The van der Waals surface area contributed by atoms with Gasteiger partial charge in [-0.05, 0) is 60.7 Å². The topological polar surface area (TPSA) is 141 Å². The Morgan fingerprint density at radius 3 is 1.30 bits per heavy atom. The summed E-state index contributed by atoms with van der Waals surface area (Å²) >= 11 is 13.5. The molecule has 0 saturated heterocycles. The van der Waals surface area contributed by atoms with Crippen LogP contribution in [0.1, 0.15) is 11.4 Å². The van der Waals surface area contributed by atoms with Crippen molar-refractivity contribution in [3.8, 4) is 32.5 Å². The van der Waals surface area contributed by atoms with Crippen LogP contribution in [-0.2, 0) is 40.7 Å². The first-order valence-corrected chi connectivity index (χ1v) is 22.5. The first kappa shape index (κ1) is 44.0. The third-order valence-electron chi connectivity index (χ3n) is 6.32. The van der Waals surface area contributed by atoms with Gasteiger partial charge in [0.2, 0.25) is 9.23 Å². The van der Waals surface area contributed by atoms with Crippen molar-refractivity contribution < 1.29 is 51.9 Å². The standard InChI is InChI=1S/C14H7Cl2F3N2O2S2.C14H8ClF3N2O3S2.Cl2OS/c15-8-3-1-2-4-9(8)21-10(7-12(20-21)14(17,18)19)11-5-6-13(24-11)25(16,22)23;15-8-3-1-2-4-9(8)20-10(7-12(19-20)14(16,17)18)11-5-6-13(24-11)25(21,22)23;1-4(2)3/h1-7H;1-7H,(H,21,22,23);. The predicted octanol–water partition coefficient (Wildman–Crippen LogP) is 10.8. The minimum Gasteiger partial charge on any atom is -0.281 e. The quantitative estimate of drug-likeness (QED) is 0.0988. The van der Waals surface area contributed by atoms with Crippen molar-refractivity contribution in [2.45, 2.75) is 20.8 Å². The summed E-state index contributed by atoms with van der Waals surface area (Å²) in [5.41, 5.74) is -1.78. The third kappa shape index (κ3) is 11.2. The lowest BCUT2D eigenvalue weighted by atomic mass is 10.2. The van der Waals surface area contributed by atoms with E-state index in [-0.39, 0.29) is 51.0 Å². The van der Waals surface area contributed by atoms with E-state index in [0.717, 1.165) is 38.9 Å². The second-order valence-corrected chi connectivity index (χ2v) is 19.8. The lowest BCUT2D eigenvalue weighted by Gasteiger charge is -2.08. The second-order valence-electron chi connectivity index (χ2n) is 9.89. The van der Waals surface area contributed by atoms with Crippen molar-refractivity contribution in [3.05, 3.63) is 106 Å². The Bertz CT molecular complexity index is 2370. The largest absolute Gasteiger partial charge is 0.435 e. The van der Waals surface area contributed by atoms with E-state index >= 15 is 0 Å². The van der Waals surface area contributed by atoms with E-state index in [4.69, 9.17) is 42.6 Å². The molecule has 0 aliphatic rings. The fourth-order valence-corrected chi connectivity index (χ4v) is 8.37. The average Bonchev–Trinajstić information content (AvgIpc) is 3.85. The van der Waals surface area contributed by atoms with E-state index in [0.29, 0.717) is 11.3 Å². The number of alkyl halides is 6. The number of aromatic nitrogens is 4. The Morgan fingerprint density at radius 2 is 1.00 bits per heavy atom. The van der Waals surface area contributed by atoms with Gasteiger partial charge in [-0.25, -0.2) is 22.0 Å². The summed E-state index contributed by atoms with van der Waals surface area (Å²) in [5.74, 6) is 0. The summed E-state index contributed by atoms with van der Waals surface area (Å²) in [6, 6.07) is 19.0. The van der Waals surface area contributed by atoms with Crippen molar-refractivity contribution in [2.24, 2.45) is 0 Å². The van der Waals surface area contributed by atoms with E-state index < -0.39 is 52.1 Å². The van der Waals surface area contributed by atoms with E-state index in [1.807, 2.05) is 0 Å². The number of hydrogen-bond donors (Lipinski definition) is 1. The summed E-state index contributed by atoms with van der Waals surface area (Å²) in [4.78, 5) is 0.428. The smallest absolute Gasteiger partial charge is 0.281 e. The second kappa shape index (κ2) is 17.2. The maximum absolute atomic E-state index is 13.1. The van der Waals surface area contributed by atoms with Crippen molar-refractivity contribution in [3.63, 3.8) is 0 Å². The van der Waals surface area contributed by atoms with Crippen LogP contribution < -0.4 is 0 Å². The van der Waals surface area contributed by atoms with Gasteiger partial charge in [-0.3, -0.25) is 4.55 Å². The molecule has 0 amide bonds. The molecule has 1 N–H and O–H groups in total. The highest BCUT2D eigenvalue weighted by Gasteiger charge is 2.37. The van der Waals surface area contributed by atoms with Crippen LogP contribution in [-0.4, -0.2) is 45.2 Å². The molecule has 0 atom stereocenters. The van der Waals surface area contributed by atoms with Crippen molar-refractivity contribution in [1.82, 2.24) is 19.6 Å². The molecule has 0 aliphatic carbocycles. The Labute approximate surface area is 335 Å². The molecular formula is C28H15Cl5F6N4O6S5. The molecule has 4 aromatic heterocycles. The Morgan fingerprint density at radius 1 is 0.648 bits per heavy atom. The fourth-order valence-electron chi connectivity index (χ4n) is 4.19. The van der Waals surface area contributed by atoms with Gasteiger partial charge in [-0.1, -0.05) is 47.5 Å². The summed E-state index contributed by atoms with van der Waals surface area (Å²) in [5, 5.41) is 7.52. The molecule has 0 unspecified atom stereocenters. The lowest BCUT2D eigenvalue weighted by Crippen LogP contribution is -2.07. The van der Waals surface area contributed by atoms with Crippen molar-refractivity contribution in [2.75, 3.05) is 0 Å². The SMILES string of the molecule is O=S(=O)(Cl)c1ccc(-c2cc(C(F)(F)F)nn2-c2ccccc2Cl)s1.O=S(=O)(O)c1ccc(-c2cc(C(F)(F)F)nn2-c2ccccc2Cl)s1.O=S(Cl)Cl. The molecule has 10 nitrogen and oxygen atoms in total. The molecule has 0 fully saturated rings. The molecular weight excluding hydrogens is 940 g/mol. The fraction of sp³-hybridized carbons (Fsp3) is 0.0714. The zero-order valence-corrected chi connectivity index (χ0v) is 33.4. The molecule has 0 saturated carbocycles. The van der Waals surface area contributed by atoms with Gasteiger partial charge in [0.15, 0.2) is 11.4 Å². The minimum atomic E-state index is -4.69. The maximum atomic E-state index is 13.1. The minimum absolute atomic E-state index is 0.000301. The molecule has 290 valence electrons. The first-order chi connectivity index (χ1) is 24.9. The maximum Gasteiger partial charge on any atom is 0.435 e. The van der Waals surface area contributed by atoms with Gasteiger partial charge in [-0.15, -0.1) is 22.7 Å². The van der Waals surface area contributed by atoms with Crippen molar-refractivity contribution in [1.29, 1.82) is 0 Å². The van der Waals surface area contributed by atoms with Crippen LogP contribution in [0.5, 0.6) is 0 Å². The zero-order valence-electron chi connectivity index (χ0n) is 25.6. The molecule has 6 aromatic rings. The molecule has 0 aliphatic heterocycles. The Hall–Kier alpha value is -2.70. The molecule has 26 heteroatoms. The molecule has 4 heterocycles. The molecule has 0 spiro atoms. The monoisotopic (exact) mass is 952 g/mol. The molecule has 6 rings (SSSR count). The Kier molecular flexibility index (Phi) is 14.0.